The van der Waals surface area contributed by atoms with E-state index in [1.807, 2.05) is 12.1 Å². The Labute approximate surface area is 302 Å². The summed E-state index contributed by atoms with van der Waals surface area (Å²) in [5.41, 5.74) is 11.6. The molecule has 1 N–H and O–H groups in total. The fraction of sp³-hybridized carbons (Fsp3) is 0.149. The molecule has 254 valence electrons. The fourth-order valence-electron chi connectivity index (χ4n) is 8.35. The first-order chi connectivity index (χ1) is 25.6. The summed E-state index contributed by atoms with van der Waals surface area (Å²) in [5.74, 6) is 1.64. The molecular weight excluding hydrogens is 643 g/mol. The van der Waals surface area contributed by atoms with E-state index >= 15 is 0 Å². The largest absolute Gasteiger partial charge is 0.496 e. The van der Waals surface area contributed by atoms with E-state index in [-0.39, 0.29) is 19.8 Å². The minimum absolute atomic E-state index is 0.0257. The molecule has 0 amide bonds. The number of hydrogen-bond donors (Lipinski definition) is 1. The lowest BCUT2D eigenvalue weighted by molar-refractivity contribution is 0.201. The summed E-state index contributed by atoms with van der Waals surface area (Å²) in [6.45, 7) is 0.684. The lowest BCUT2D eigenvalue weighted by Crippen LogP contribution is -2.29. The third-order valence-corrected chi connectivity index (χ3v) is 10.7. The zero-order chi connectivity index (χ0) is 35.1. The van der Waals surface area contributed by atoms with E-state index in [9.17, 15) is 10.0 Å². The predicted molar refractivity (Wildman–Crippen MR) is 210 cm³/mol. The molecule has 0 fully saturated rings. The third kappa shape index (κ3) is 5.37. The molecule has 0 aliphatic heterocycles. The molecule has 2 aliphatic carbocycles. The summed E-state index contributed by atoms with van der Waals surface area (Å²) in [6, 6.07) is 51.0. The molecule has 7 aromatic carbocycles. The quantitative estimate of drug-likeness (QED) is 0.115. The van der Waals surface area contributed by atoms with Crippen LogP contribution in [-0.2, 0) is 16.6 Å². The van der Waals surface area contributed by atoms with Crippen molar-refractivity contribution < 1.29 is 14.6 Å². The van der Waals surface area contributed by atoms with E-state index in [1.54, 1.807) is 0 Å². The molecule has 0 spiro atoms. The van der Waals surface area contributed by atoms with Crippen LogP contribution >= 0.6 is 0 Å². The molecular formula is C47H37NO4. The zero-order valence-corrected chi connectivity index (χ0v) is 28.7. The number of nitroso groups, excluding NO2 is 1. The number of fused-ring (bicyclic) bond motifs is 6. The van der Waals surface area contributed by atoms with Gasteiger partial charge in [0.1, 0.15) is 25.5 Å². The summed E-state index contributed by atoms with van der Waals surface area (Å²) in [5, 5.41) is 16.9. The molecule has 0 radical (unpaired) electrons. The molecule has 5 heteroatoms. The topological polar surface area (TPSA) is 68.1 Å². The molecule has 52 heavy (non-hydrogen) atoms. The van der Waals surface area contributed by atoms with Crippen LogP contribution in [0.3, 0.4) is 0 Å². The van der Waals surface area contributed by atoms with Crippen molar-refractivity contribution >= 4 is 27.6 Å². The molecule has 0 saturated heterocycles. The van der Waals surface area contributed by atoms with Crippen LogP contribution in [0.1, 0.15) is 39.8 Å². The van der Waals surface area contributed by atoms with E-state index in [1.165, 1.54) is 60.8 Å². The maximum absolute atomic E-state index is 10.6. The number of hydrogen-bond acceptors (Lipinski definition) is 5. The maximum atomic E-state index is 10.6. The van der Waals surface area contributed by atoms with Gasteiger partial charge in [-0.05, 0) is 120 Å². The number of aliphatic hydroxyl groups is 1. The lowest BCUT2D eigenvalue weighted by atomic mass is 9.66. The van der Waals surface area contributed by atoms with Crippen LogP contribution in [0.25, 0.3) is 49.9 Å². The Hall–Kier alpha value is -6.04. The first kappa shape index (κ1) is 31.9. The van der Waals surface area contributed by atoms with Crippen LogP contribution < -0.4 is 4.74 Å². The average molecular weight is 680 g/mol. The summed E-state index contributed by atoms with van der Waals surface area (Å²) >= 11 is 0. The molecule has 1 atom stereocenters. The van der Waals surface area contributed by atoms with E-state index in [4.69, 9.17) is 9.47 Å². The average Bonchev–Trinajstić information content (AvgIpc) is 3.50. The number of aryl methyl sites for hydroxylation is 1. The Kier molecular flexibility index (Phi) is 8.13. The third-order valence-electron chi connectivity index (χ3n) is 10.7. The number of allylic oxidation sites excluding steroid dienone is 1. The van der Waals surface area contributed by atoms with Crippen molar-refractivity contribution in [1.82, 2.24) is 0 Å². The highest BCUT2D eigenvalue weighted by Gasteiger charge is 2.46. The second-order valence-electron chi connectivity index (χ2n) is 13.6. The maximum Gasteiger partial charge on any atom is 0.120 e. The zero-order valence-electron chi connectivity index (χ0n) is 28.7. The van der Waals surface area contributed by atoms with Crippen LogP contribution in [0.4, 0.5) is 0 Å². The van der Waals surface area contributed by atoms with Gasteiger partial charge in [0.15, 0.2) is 0 Å². The van der Waals surface area contributed by atoms with Gasteiger partial charge in [-0.25, -0.2) is 0 Å². The van der Waals surface area contributed by atoms with E-state index < -0.39 is 5.41 Å². The molecule has 0 heterocycles. The monoisotopic (exact) mass is 679 g/mol. The number of aliphatic hydroxyl groups excluding tert-OH is 1. The number of ether oxygens (including phenoxy) is 2. The van der Waals surface area contributed by atoms with Crippen LogP contribution in [-0.4, -0.2) is 31.5 Å². The van der Waals surface area contributed by atoms with E-state index in [2.05, 4.69) is 139 Å². The molecule has 0 aromatic heterocycles. The molecule has 9 rings (SSSR count). The van der Waals surface area contributed by atoms with Crippen molar-refractivity contribution in [3.8, 4) is 28.0 Å². The molecule has 2 aliphatic rings. The molecule has 7 aromatic rings. The van der Waals surface area contributed by atoms with Gasteiger partial charge in [0, 0.05) is 6.42 Å². The van der Waals surface area contributed by atoms with Crippen LogP contribution in [0, 0.1) is 4.91 Å². The highest BCUT2D eigenvalue weighted by molar-refractivity contribution is 5.93. The van der Waals surface area contributed by atoms with E-state index in [0.717, 1.165) is 40.7 Å². The molecule has 1 unspecified atom stereocenters. The summed E-state index contributed by atoms with van der Waals surface area (Å²) in [7, 11) is 0. The number of benzene rings is 7. The van der Waals surface area contributed by atoms with Crippen molar-refractivity contribution in [3.63, 3.8) is 0 Å². The van der Waals surface area contributed by atoms with Gasteiger partial charge in [-0.1, -0.05) is 114 Å². The number of rotatable bonds is 10. The summed E-state index contributed by atoms with van der Waals surface area (Å²) in [4.78, 5) is 10.6. The van der Waals surface area contributed by atoms with Crippen LogP contribution in [0.15, 0.2) is 150 Å². The van der Waals surface area contributed by atoms with Gasteiger partial charge in [0.05, 0.1) is 17.8 Å². The Balaban J connectivity index is 1.27. The SMILES string of the molecule is O=NCCOC1=Cc2ccc(C3(c4ccc5cc(OCCO)ccc5c4)c4ccccc4-c4ccc(-c5ccc6ccccc6c5)cc43)cc2CC1. The van der Waals surface area contributed by atoms with Gasteiger partial charge in [-0.3, -0.25) is 0 Å². The van der Waals surface area contributed by atoms with Gasteiger partial charge in [-0.15, -0.1) is 0 Å². The van der Waals surface area contributed by atoms with Gasteiger partial charge in [-0.2, -0.15) is 4.91 Å². The van der Waals surface area contributed by atoms with Crippen molar-refractivity contribution in [1.29, 1.82) is 0 Å². The van der Waals surface area contributed by atoms with Crippen molar-refractivity contribution in [2.45, 2.75) is 18.3 Å². The Morgan fingerprint density at radius 3 is 2.21 bits per heavy atom. The van der Waals surface area contributed by atoms with E-state index in [0.29, 0.717) is 6.61 Å². The van der Waals surface area contributed by atoms with Crippen molar-refractivity contribution in [3.05, 3.63) is 184 Å². The second-order valence-corrected chi connectivity index (χ2v) is 13.6. The highest BCUT2D eigenvalue weighted by atomic mass is 16.5. The standard InChI is InChI=1S/C47H37NO4/c49-22-24-52-42-19-14-35-27-40(17-12-37(35)29-42)47(39-16-11-36-28-41(51-23-21-48-50)18-13-34(36)26-39)45-8-4-3-7-43(45)44-20-15-38(30-46(44)47)33-10-9-31-5-1-2-6-32(31)25-33/h1-12,14-17,19-20,25-30,49H,13,18,21-24H2. The van der Waals surface area contributed by atoms with Crippen LogP contribution in [0.5, 0.6) is 5.75 Å². The lowest BCUT2D eigenvalue weighted by Gasteiger charge is -2.35. The minimum atomic E-state index is -0.593. The van der Waals surface area contributed by atoms with Crippen molar-refractivity contribution in [2.24, 2.45) is 5.18 Å². The predicted octanol–water partition coefficient (Wildman–Crippen LogP) is 10.5. The van der Waals surface area contributed by atoms with Gasteiger partial charge < -0.3 is 14.6 Å². The normalized spacial score (nSPS) is 15.8. The van der Waals surface area contributed by atoms with Gasteiger partial charge in [0.2, 0.25) is 0 Å². The first-order valence-corrected chi connectivity index (χ1v) is 17.9. The Bertz CT molecular complexity index is 2530. The minimum Gasteiger partial charge on any atom is -0.496 e. The van der Waals surface area contributed by atoms with Gasteiger partial charge >= 0.3 is 0 Å². The second kappa shape index (κ2) is 13.3. The van der Waals surface area contributed by atoms with Gasteiger partial charge in [0.25, 0.3) is 0 Å². The van der Waals surface area contributed by atoms with Crippen molar-refractivity contribution in [2.75, 3.05) is 26.4 Å². The number of nitrogens with zero attached hydrogens (tertiary/aromatic N) is 1. The molecule has 0 saturated carbocycles. The smallest absolute Gasteiger partial charge is 0.120 e. The fourth-order valence-corrected chi connectivity index (χ4v) is 8.35. The molecule has 0 bridgehead atoms. The first-order valence-electron chi connectivity index (χ1n) is 17.9. The summed E-state index contributed by atoms with van der Waals surface area (Å²) < 4.78 is 11.7. The van der Waals surface area contributed by atoms with Crippen LogP contribution in [0.2, 0.25) is 0 Å². The Morgan fingerprint density at radius 2 is 1.31 bits per heavy atom. The molecule has 5 nitrogen and oxygen atoms in total. The summed E-state index contributed by atoms with van der Waals surface area (Å²) in [6.07, 6.45) is 3.73. The Morgan fingerprint density at radius 1 is 0.596 bits per heavy atom. The highest BCUT2D eigenvalue weighted by Crippen LogP contribution is 2.57.